The molecule has 0 aliphatic rings. The number of para-hydroxylation sites is 1. The number of carboxylic acids is 1. The second-order valence-electron chi connectivity index (χ2n) is 5.54. The Hall–Kier alpha value is -3.41. The third-order valence-corrected chi connectivity index (χ3v) is 3.77. The third kappa shape index (κ3) is 3.74. The van der Waals surface area contributed by atoms with Crippen LogP contribution in [0.3, 0.4) is 0 Å². The Morgan fingerprint density at radius 2 is 1.72 bits per heavy atom. The molecule has 1 amide bonds. The van der Waals surface area contributed by atoms with E-state index >= 15 is 0 Å². The third-order valence-electron chi connectivity index (χ3n) is 3.77. The summed E-state index contributed by atoms with van der Waals surface area (Å²) in [5, 5.41) is 12.3. The Kier molecular flexibility index (Phi) is 4.61. The number of carbonyl (C=O) groups is 2. The summed E-state index contributed by atoms with van der Waals surface area (Å²) < 4.78 is 5.11. The highest BCUT2D eigenvalue weighted by Gasteiger charge is 2.23. The van der Waals surface area contributed by atoms with Gasteiger partial charge in [-0.3, -0.25) is 4.79 Å². The van der Waals surface area contributed by atoms with Crippen molar-refractivity contribution in [1.82, 2.24) is 5.32 Å². The lowest BCUT2D eigenvalue weighted by molar-refractivity contribution is -0.139. The van der Waals surface area contributed by atoms with E-state index in [0.717, 1.165) is 5.56 Å². The molecule has 6 heteroatoms. The molecule has 2 aromatic carbocycles. The molecule has 0 spiro atoms. The molecule has 3 rings (SSSR count). The second-order valence-corrected chi connectivity index (χ2v) is 5.54. The molecule has 2 N–H and O–H groups in total. The van der Waals surface area contributed by atoms with Gasteiger partial charge in [-0.2, -0.15) is 0 Å². The van der Waals surface area contributed by atoms with Crippen LogP contribution in [0.25, 0.3) is 11.0 Å². The van der Waals surface area contributed by atoms with E-state index in [1.54, 1.807) is 48.5 Å². The maximum absolute atomic E-state index is 12.4. The van der Waals surface area contributed by atoms with Gasteiger partial charge in [-0.25, -0.2) is 9.59 Å². The zero-order chi connectivity index (χ0) is 17.8. The van der Waals surface area contributed by atoms with Gasteiger partial charge in [0.2, 0.25) is 0 Å². The first kappa shape index (κ1) is 16.4. The number of rotatable bonds is 5. The number of carbonyl (C=O) groups excluding carboxylic acids is 1. The predicted molar refractivity (Wildman–Crippen MR) is 91.5 cm³/mol. The topological polar surface area (TPSA) is 96.6 Å². The van der Waals surface area contributed by atoms with E-state index in [-0.39, 0.29) is 12.0 Å². The lowest BCUT2D eigenvalue weighted by Crippen LogP contribution is -2.43. The molecule has 126 valence electrons. The number of carboxylic acid groups (broad SMARTS) is 1. The monoisotopic (exact) mass is 337 g/mol. The van der Waals surface area contributed by atoms with Gasteiger partial charge in [0.05, 0.1) is 0 Å². The van der Waals surface area contributed by atoms with Gasteiger partial charge in [0.1, 0.15) is 17.2 Å². The van der Waals surface area contributed by atoms with Crippen molar-refractivity contribution in [1.29, 1.82) is 0 Å². The van der Waals surface area contributed by atoms with E-state index in [1.165, 1.54) is 6.07 Å². The summed E-state index contributed by atoms with van der Waals surface area (Å²) in [6, 6.07) is 16.0. The van der Waals surface area contributed by atoms with E-state index in [1.807, 2.05) is 6.07 Å². The lowest BCUT2D eigenvalue weighted by Gasteiger charge is -2.14. The Morgan fingerprint density at radius 3 is 2.44 bits per heavy atom. The van der Waals surface area contributed by atoms with E-state index in [0.29, 0.717) is 11.0 Å². The summed E-state index contributed by atoms with van der Waals surface area (Å²) in [7, 11) is 0. The normalized spacial score (nSPS) is 11.8. The van der Waals surface area contributed by atoms with Crippen molar-refractivity contribution < 1.29 is 19.1 Å². The van der Waals surface area contributed by atoms with E-state index in [2.05, 4.69) is 5.32 Å². The van der Waals surface area contributed by atoms with Crippen molar-refractivity contribution in [3.05, 3.63) is 82.2 Å². The number of amides is 1. The van der Waals surface area contributed by atoms with Crippen LogP contribution in [0.2, 0.25) is 0 Å². The largest absolute Gasteiger partial charge is 0.480 e. The highest BCUT2D eigenvalue weighted by Crippen LogP contribution is 2.13. The summed E-state index contributed by atoms with van der Waals surface area (Å²) in [6.45, 7) is 0. The van der Waals surface area contributed by atoms with Gasteiger partial charge < -0.3 is 14.8 Å². The molecule has 0 saturated carbocycles. The van der Waals surface area contributed by atoms with Gasteiger partial charge in [-0.15, -0.1) is 0 Å². The fraction of sp³-hybridized carbons (Fsp3) is 0.105. The molecule has 0 aliphatic heterocycles. The van der Waals surface area contributed by atoms with Crippen LogP contribution in [0, 0.1) is 0 Å². The summed E-state index contributed by atoms with van der Waals surface area (Å²) in [4.78, 5) is 35.8. The number of benzene rings is 2. The van der Waals surface area contributed by atoms with Gasteiger partial charge in [0.15, 0.2) is 0 Å². The highest BCUT2D eigenvalue weighted by molar-refractivity contribution is 5.98. The molecule has 0 bridgehead atoms. The van der Waals surface area contributed by atoms with E-state index < -0.39 is 23.5 Å². The Labute approximate surface area is 142 Å². The van der Waals surface area contributed by atoms with Gasteiger partial charge in [0.25, 0.3) is 5.91 Å². The summed E-state index contributed by atoms with van der Waals surface area (Å²) in [5.74, 6) is -1.95. The van der Waals surface area contributed by atoms with Crippen molar-refractivity contribution in [2.45, 2.75) is 12.5 Å². The quantitative estimate of drug-likeness (QED) is 0.696. The molecule has 1 atom stereocenters. The van der Waals surface area contributed by atoms with Crippen LogP contribution in [0.5, 0.6) is 0 Å². The van der Waals surface area contributed by atoms with Gasteiger partial charge in [-0.1, -0.05) is 48.5 Å². The lowest BCUT2D eigenvalue weighted by atomic mass is 10.1. The zero-order valence-corrected chi connectivity index (χ0v) is 13.1. The summed E-state index contributed by atoms with van der Waals surface area (Å²) in [5.41, 5.74) is 0.0990. The van der Waals surface area contributed by atoms with Crippen LogP contribution < -0.4 is 10.9 Å². The average Bonchev–Trinajstić information content (AvgIpc) is 2.61. The first-order valence-electron chi connectivity index (χ1n) is 7.65. The van der Waals surface area contributed by atoms with Gasteiger partial charge >= 0.3 is 11.6 Å². The number of nitrogens with one attached hydrogen (secondary N) is 1. The highest BCUT2D eigenvalue weighted by atomic mass is 16.4. The number of hydrogen-bond donors (Lipinski definition) is 2. The van der Waals surface area contributed by atoms with Crippen LogP contribution in [0.4, 0.5) is 0 Å². The smallest absolute Gasteiger partial charge is 0.349 e. The van der Waals surface area contributed by atoms with Crippen LogP contribution in [0.15, 0.2) is 69.9 Å². The molecule has 3 aromatic rings. The van der Waals surface area contributed by atoms with Crippen LogP contribution in [-0.2, 0) is 11.2 Å². The molecule has 0 unspecified atom stereocenters. The Morgan fingerprint density at radius 1 is 1.04 bits per heavy atom. The van der Waals surface area contributed by atoms with Crippen LogP contribution in [-0.4, -0.2) is 23.0 Å². The number of fused-ring (bicyclic) bond motifs is 1. The first-order chi connectivity index (χ1) is 12.0. The summed E-state index contributed by atoms with van der Waals surface area (Å²) in [6.07, 6.45) is 0.112. The number of aliphatic carboxylic acids is 1. The molecular weight excluding hydrogens is 322 g/mol. The van der Waals surface area contributed by atoms with Gasteiger partial charge in [0, 0.05) is 11.8 Å². The van der Waals surface area contributed by atoms with Crippen molar-refractivity contribution in [3.8, 4) is 0 Å². The fourth-order valence-electron chi connectivity index (χ4n) is 2.51. The van der Waals surface area contributed by atoms with Crippen molar-refractivity contribution in [2.24, 2.45) is 0 Å². The standard InChI is InChI=1S/C19H15NO5/c21-17(14-11-13-8-4-5-9-16(13)25-19(14)24)20-15(18(22)23)10-12-6-2-1-3-7-12/h1-9,11,15H,10H2,(H,20,21)(H,22,23)/t15-/m0/s1. The SMILES string of the molecule is O=C(N[C@@H](Cc1ccccc1)C(=O)O)c1cc2ccccc2oc1=O. The molecule has 1 aromatic heterocycles. The molecular formula is C19H15NO5. The minimum Gasteiger partial charge on any atom is -0.480 e. The van der Waals surface area contributed by atoms with Crippen molar-refractivity contribution in [2.75, 3.05) is 0 Å². The van der Waals surface area contributed by atoms with Crippen molar-refractivity contribution >= 4 is 22.8 Å². The Balaban J connectivity index is 1.85. The predicted octanol–water partition coefficient (Wildman–Crippen LogP) is 2.22. The minimum atomic E-state index is -1.18. The first-order valence-corrected chi connectivity index (χ1v) is 7.65. The summed E-state index contributed by atoms with van der Waals surface area (Å²) >= 11 is 0. The average molecular weight is 337 g/mol. The fourth-order valence-corrected chi connectivity index (χ4v) is 2.51. The zero-order valence-electron chi connectivity index (χ0n) is 13.1. The molecule has 0 radical (unpaired) electrons. The number of hydrogen-bond acceptors (Lipinski definition) is 4. The van der Waals surface area contributed by atoms with Gasteiger partial charge in [-0.05, 0) is 17.7 Å². The molecule has 25 heavy (non-hydrogen) atoms. The molecule has 0 fully saturated rings. The minimum absolute atomic E-state index is 0.112. The van der Waals surface area contributed by atoms with Crippen molar-refractivity contribution in [3.63, 3.8) is 0 Å². The van der Waals surface area contributed by atoms with Crippen LogP contribution >= 0.6 is 0 Å². The second kappa shape index (κ2) is 7.00. The van der Waals surface area contributed by atoms with Crippen LogP contribution in [0.1, 0.15) is 15.9 Å². The molecule has 6 nitrogen and oxygen atoms in total. The van der Waals surface area contributed by atoms with E-state index in [4.69, 9.17) is 4.42 Å². The molecule has 1 heterocycles. The molecule has 0 saturated heterocycles. The maximum Gasteiger partial charge on any atom is 0.349 e. The van der Waals surface area contributed by atoms with E-state index in [9.17, 15) is 19.5 Å². The molecule has 0 aliphatic carbocycles. The maximum atomic E-state index is 12.4. The Bertz CT molecular complexity index is 978.